The Kier molecular flexibility index (Phi) is 7.73. The third kappa shape index (κ3) is 6.65. The number of hydrogen-bond donors (Lipinski definition) is 1. The summed E-state index contributed by atoms with van der Waals surface area (Å²) in [7, 11) is 1.55. The van der Waals surface area contributed by atoms with E-state index in [2.05, 4.69) is 26.5 Å². The summed E-state index contributed by atoms with van der Waals surface area (Å²) >= 11 is 3.38. The third-order valence-corrected chi connectivity index (χ3v) is 4.61. The van der Waals surface area contributed by atoms with E-state index < -0.39 is 5.97 Å². The van der Waals surface area contributed by atoms with Crippen molar-refractivity contribution in [2.75, 3.05) is 7.11 Å². The van der Waals surface area contributed by atoms with Crippen molar-refractivity contribution in [3.8, 4) is 11.5 Å². The Hall–Kier alpha value is -3.71. The molecular formula is C24H19BrN2O4. The Balaban J connectivity index is 1.66. The largest absolute Gasteiger partial charge is 0.497 e. The summed E-state index contributed by atoms with van der Waals surface area (Å²) in [6.07, 6.45) is 4.43. The van der Waals surface area contributed by atoms with E-state index in [0.29, 0.717) is 22.6 Å². The van der Waals surface area contributed by atoms with E-state index in [4.69, 9.17) is 9.47 Å². The van der Waals surface area contributed by atoms with Gasteiger partial charge in [-0.25, -0.2) is 10.2 Å². The molecule has 31 heavy (non-hydrogen) atoms. The van der Waals surface area contributed by atoms with Crippen LogP contribution in [0.4, 0.5) is 0 Å². The van der Waals surface area contributed by atoms with Gasteiger partial charge in [-0.05, 0) is 54.1 Å². The van der Waals surface area contributed by atoms with Crippen LogP contribution in [0.1, 0.15) is 21.5 Å². The van der Waals surface area contributed by atoms with Gasteiger partial charge in [-0.15, -0.1) is 0 Å². The van der Waals surface area contributed by atoms with Crippen LogP contribution in [-0.4, -0.2) is 25.2 Å². The van der Waals surface area contributed by atoms with Crippen molar-refractivity contribution in [2.24, 2.45) is 5.10 Å². The predicted octanol–water partition coefficient (Wildman–Crippen LogP) is 4.84. The maximum Gasteiger partial charge on any atom is 0.336 e. The number of esters is 1. The molecule has 1 N–H and O–H groups in total. The molecule has 0 radical (unpaired) electrons. The molecular weight excluding hydrogens is 460 g/mol. The first-order chi connectivity index (χ1) is 15.0. The number of nitrogens with one attached hydrogen (secondary N) is 1. The topological polar surface area (TPSA) is 77.0 Å². The minimum absolute atomic E-state index is 0.313. The number of carbonyl (C=O) groups excluding carboxylic acids is 2. The van der Waals surface area contributed by atoms with Crippen LogP contribution in [-0.2, 0) is 4.79 Å². The Morgan fingerprint density at radius 1 is 1.00 bits per heavy atom. The van der Waals surface area contributed by atoms with Gasteiger partial charge in [0, 0.05) is 21.7 Å². The van der Waals surface area contributed by atoms with Crippen LogP contribution < -0.4 is 14.9 Å². The van der Waals surface area contributed by atoms with Gasteiger partial charge in [0.2, 0.25) is 0 Å². The van der Waals surface area contributed by atoms with Gasteiger partial charge in [-0.3, -0.25) is 4.79 Å². The minimum Gasteiger partial charge on any atom is -0.497 e. The minimum atomic E-state index is -0.525. The number of carbonyl (C=O) groups is 2. The molecule has 3 aromatic carbocycles. The predicted molar refractivity (Wildman–Crippen MR) is 123 cm³/mol. The van der Waals surface area contributed by atoms with Crippen LogP contribution in [0.2, 0.25) is 0 Å². The smallest absolute Gasteiger partial charge is 0.336 e. The molecule has 1 amide bonds. The lowest BCUT2D eigenvalue weighted by atomic mass is 10.2. The van der Waals surface area contributed by atoms with E-state index in [1.54, 1.807) is 55.7 Å². The lowest BCUT2D eigenvalue weighted by molar-refractivity contribution is -0.128. The molecule has 156 valence electrons. The fourth-order valence-electron chi connectivity index (χ4n) is 2.55. The molecule has 7 heteroatoms. The van der Waals surface area contributed by atoms with Gasteiger partial charge in [0.1, 0.15) is 11.5 Å². The van der Waals surface area contributed by atoms with Crippen molar-refractivity contribution in [3.05, 3.63) is 100 Å². The molecule has 0 saturated carbocycles. The molecule has 0 saturated heterocycles. The van der Waals surface area contributed by atoms with Gasteiger partial charge >= 0.3 is 5.97 Å². The van der Waals surface area contributed by atoms with Gasteiger partial charge in [-0.1, -0.05) is 46.3 Å². The maximum atomic E-state index is 12.2. The second-order valence-electron chi connectivity index (χ2n) is 6.27. The van der Waals surface area contributed by atoms with Crippen LogP contribution in [0, 0.1) is 0 Å². The Morgan fingerprint density at radius 2 is 1.74 bits per heavy atom. The molecule has 0 spiro atoms. The van der Waals surface area contributed by atoms with Crippen LogP contribution in [0.5, 0.6) is 11.5 Å². The normalized spacial score (nSPS) is 10.9. The summed E-state index contributed by atoms with van der Waals surface area (Å²) in [5, 5.41) is 3.98. The number of ether oxygens (including phenoxy) is 2. The summed E-state index contributed by atoms with van der Waals surface area (Å²) in [5.74, 6) is 0.0663. The van der Waals surface area contributed by atoms with Gasteiger partial charge in [0.05, 0.1) is 13.3 Å². The van der Waals surface area contributed by atoms with Crippen LogP contribution in [0.25, 0.3) is 6.08 Å². The van der Waals surface area contributed by atoms with E-state index >= 15 is 0 Å². The van der Waals surface area contributed by atoms with Crippen molar-refractivity contribution in [2.45, 2.75) is 0 Å². The number of hydrazone groups is 1. The summed E-state index contributed by atoms with van der Waals surface area (Å²) in [4.78, 5) is 24.4. The molecule has 0 bridgehead atoms. The second-order valence-corrected chi connectivity index (χ2v) is 7.19. The SMILES string of the molecule is COc1ccc(C(=O)N/N=C\c2cc(Br)ccc2OC(=O)/C=C/c2ccccc2)cc1. The number of methoxy groups -OCH3 is 1. The quantitative estimate of drug-likeness (QED) is 0.173. The molecule has 6 nitrogen and oxygen atoms in total. The standard InChI is InChI=1S/C24H19BrN2O4/c1-30-21-11-8-18(9-12-21)24(29)27-26-16-19-15-20(25)10-13-22(19)31-23(28)14-7-17-5-3-2-4-6-17/h2-16H,1H3,(H,27,29)/b14-7+,26-16-. The zero-order valence-electron chi connectivity index (χ0n) is 16.6. The van der Waals surface area contributed by atoms with E-state index in [9.17, 15) is 9.59 Å². The van der Waals surface area contributed by atoms with Crippen molar-refractivity contribution in [1.82, 2.24) is 5.43 Å². The van der Waals surface area contributed by atoms with Crippen molar-refractivity contribution >= 4 is 40.1 Å². The molecule has 0 aromatic heterocycles. The fraction of sp³-hybridized carbons (Fsp3) is 0.0417. The zero-order valence-corrected chi connectivity index (χ0v) is 18.2. The first kappa shape index (κ1) is 22.0. The number of halogens is 1. The Labute approximate surface area is 188 Å². The Morgan fingerprint density at radius 3 is 2.45 bits per heavy atom. The third-order valence-electron chi connectivity index (χ3n) is 4.12. The lowest BCUT2D eigenvalue weighted by Crippen LogP contribution is -2.17. The highest BCUT2D eigenvalue weighted by molar-refractivity contribution is 9.10. The van der Waals surface area contributed by atoms with E-state index in [1.807, 2.05) is 30.3 Å². The number of amides is 1. The monoisotopic (exact) mass is 478 g/mol. The molecule has 0 aliphatic rings. The van der Waals surface area contributed by atoms with E-state index in [0.717, 1.165) is 10.0 Å². The second kappa shape index (κ2) is 10.9. The molecule has 0 atom stereocenters. The zero-order chi connectivity index (χ0) is 22.1. The molecule has 0 heterocycles. The number of benzene rings is 3. The molecule has 3 rings (SSSR count). The number of nitrogens with zero attached hydrogens (tertiary/aromatic N) is 1. The van der Waals surface area contributed by atoms with Crippen molar-refractivity contribution < 1.29 is 19.1 Å². The average molecular weight is 479 g/mol. The first-order valence-electron chi connectivity index (χ1n) is 9.27. The van der Waals surface area contributed by atoms with Crippen molar-refractivity contribution in [1.29, 1.82) is 0 Å². The lowest BCUT2D eigenvalue weighted by Gasteiger charge is -2.06. The van der Waals surface area contributed by atoms with Gasteiger partial charge in [0.25, 0.3) is 5.91 Å². The highest BCUT2D eigenvalue weighted by Crippen LogP contribution is 2.22. The fourth-order valence-corrected chi connectivity index (χ4v) is 2.93. The van der Waals surface area contributed by atoms with Gasteiger partial charge < -0.3 is 9.47 Å². The van der Waals surface area contributed by atoms with Gasteiger partial charge in [-0.2, -0.15) is 5.10 Å². The summed E-state index contributed by atoms with van der Waals surface area (Å²) in [6.45, 7) is 0. The van der Waals surface area contributed by atoms with Crippen LogP contribution in [0.15, 0.2) is 88.4 Å². The summed E-state index contributed by atoms with van der Waals surface area (Å²) in [6, 6.07) is 21.2. The Bertz CT molecular complexity index is 1110. The molecule has 0 unspecified atom stereocenters. The number of rotatable bonds is 7. The van der Waals surface area contributed by atoms with Crippen molar-refractivity contribution in [3.63, 3.8) is 0 Å². The molecule has 0 fully saturated rings. The highest BCUT2D eigenvalue weighted by atomic mass is 79.9. The average Bonchev–Trinajstić information content (AvgIpc) is 2.80. The first-order valence-corrected chi connectivity index (χ1v) is 10.1. The highest BCUT2D eigenvalue weighted by Gasteiger charge is 2.08. The van der Waals surface area contributed by atoms with E-state index in [1.165, 1.54) is 12.3 Å². The van der Waals surface area contributed by atoms with E-state index in [-0.39, 0.29) is 5.91 Å². The summed E-state index contributed by atoms with van der Waals surface area (Å²) in [5.41, 5.74) is 4.29. The maximum absolute atomic E-state index is 12.2. The van der Waals surface area contributed by atoms with Gasteiger partial charge in [0.15, 0.2) is 0 Å². The summed E-state index contributed by atoms with van der Waals surface area (Å²) < 4.78 is 11.3. The number of hydrogen-bond acceptors (Lipinski definition) is 5. The molecule has 0 aliphatic heterocycles. The van der Waals surface area contributed by atoms with Crippen LogP contribution in [0.3, 0.4) is 0 Å². The molecule has 0 aliphatic carbocycles. The molecule has 3 aromatic rings. The van der Waals surface area contributed by atoms with Crippen LogP contribution >= 0.6 is 15.9 Å².